The standard InChI is InChI=1S/C26H22OS/c1-18-10-6-8-14-21(18)16-23-25(27)24(17-22-15-9-7-11-19(22)2)28-26(23)20-12-4-3-5-13-20/h3-17,26H,1-2H3/b23-16+,24-17-. The second-order valence-electron chi connectivity index (χ2n) is 7.06. The monoisotopic (exact) mass is 382 g/mol. The van der Waals surface area contributed by atoms with Gasteiger partial charge < -0.3 is 0 Å². The second kappa shape index (κ2) is 8.04. The first-order valence-corrected chi connectivity index (χ1v) is 10.3. The van der Waals surface area contributed by atoms with Gasteiger partial charge in [0.05, 0.1) is 10.2 Å². The molecule has 1 heterocycles. The van der Waals surface area contributed by atoms with E-state index in [0.29, 0.717) is 0 Å². The van der Waals surface area contributed by atoms with E-state index in [1.165, 1.54) is 11.1 Å². The van der Waals surface area contributed by atoms with E-state index in [0.717, 1.165) is 27.2 Å². The Morgan fingerprint density at radius 1 is 0.714 bits per heavy atom. The molecule has 0 radical (unpaired) electrons. The van der Waals surface area contributed by atoms with Gasteiger partial charge in [-0.3, -0.25) is 4.79 Å². The normalized spacial score (nSPS) is 19.5. The van der Waals surface area contributed by atoms with Crippen LogP contribution in [0.15, 0.2) is 89.3 Å². The molecular formula is C26H22OS. The quantitative estimate of drug-likeness (QED) is 0.464. The number of hydrogen-bond acceptors (Lipinski definition) is 2. The molecule has 1 saturated heterocycles. The molecule has 0 N–H and O–H groups in total. The zero-order valence-corrected chi connectivity index (χ0v) is 16.9. The van der Waals surface area contributed by atoms with Crippen molar-refractivity contribution in [2.24, 2.45) is 0 Å². The Hall–Kier alpha value is -2.84. The maximum Gasteiger partial charge on any atom is 0.196 e. The fourth-order valence-corrected chi connectivity index (χ4v) is 4.70. The van der Waals surface area contributed by atoms with E-state index in [1.807, 2.05) is 48.5 Å². The molecule has 1 aliphatic heterocycles. The van der Waals surface area contributed by atoms with Gasteiger partial charge in [-0.1, -0.05) is 78.9 Å². The van der Waals surface area contributed by atoms with Crippen LogP contribution >= 0.6 is 11.8 Å². The average Bonchev–Trinajstić information content (AvgIpc) is 3.02. The van der Waals surface area contributed by atoms with Crippen LogP contribution < -0.4 is 0 Å². The summed E-state index contributed by atoms with van der Waals surface area (Å²) in [6.07, 6.45) is 4.11. The van der Waals surface area contributed by atoms with Gasteiger partial charge in [-0.05, 0) is 53.8 Å². The van der Waals surface area contributed by atoms with Crippen molar-refractivity contribution in [3.05, 3.63) is 117 Å². The third kappa shape index (κ3) is 3.74. The van der Waals surface area contributed by atoms with Gasteiger partial charge in [0.2, 0.25) is 0 Å². The first-order chi connectivity index (χ1) is 13.6. The third-order valence-electron chi connectivity index (χ3n) is 5.09. The van der Waals surface area contributed by atoms with E-state index < -0.39 is 0 Å². The van der Waals surface area contributed by atoms with Gasteiger partial charge in [0, 0.05) is 5.57 Å². The minimum absolute atomic E-state index is 0.0172. The van der Waals surface area contributed by atoms with Gasteiger partial charge in [-0.15, -0.1) is 11.8 Å². The molecule has 138 valence electrons. The molecule has 0 bridgehead atoms. The van der Waals surface area contributed by atoms with E-state index in [2.05, 4.69) is 56.3 Å². The Bertz CT molecular complexity index is 1080. The lowest BCUT2D eigenvalue weighted by atomic mass is 9.96. The summed E-state index contributed by atoms with van der Waals surface area (Å²) in [5.41, 5.74) is 6.57. The average molecular weight is 383 g/mol. The number of carbonyl (C=O) groups is 1. The Kier molecular flexibility index (Phi) is 5.31. The van der Waals surface area contributed by atoms with Crippen LogP contribution in [-0.4, -0.2) is 5.78 Å². The highest BCUT2D eigenvalue weighted by Crippen LogP contribution is 2.50. The largest absolute Gasteiger partial charge is 0.288 e. The van der Waals surface area contributed by atoms with Gasteiger partial charge in [0.1, 0.15) is 0 Å². The topological polar surface area (TPSA) is 17.1 Å². The highest BCUT2D eigenvalue weighted by Gasteiger charge is 2.35. The van der Waals surface area contributed by atoms with Crippen LogP contribution in [0.25, 0.3) is 12.2 Å². The predicted octanol–water partition coefficient (Wildman–Crippen LogP) is 6.79. The molecule has 0 amide bonds. The van der Waals surface area contributed by atoms with Crippen LogP contribution in [0.5, 0.6) is 0 Å². The highest BCUT2D eigenvalue weighted by molar-refractivity contribution is 8.05. The Balaban J connectivity index is 1.81. The Labute approximate surface area is 170 Å². The second-order valence-corrected chi connectivity index (χ2v) is 8.21. The molecule has 1 atom stereocenters. The molecule has 1 fully saturated rings. The van der Waals surface area contributed by atoms with Gasteiger partial charge in [0.15, 0.2) is 5.78 Å². The van der Waals surface area contributed by atoms with Crippen LogP contribution in [-0.2, 0) is 4.79 Å². The van der Waals surface area contributed by atoms with E-state index in [-0.39, 0.29) is 11.0 Å². The lowest BCUT2D eigenvalue weighted by molar-refractivity contribution is -0.111. The Morgan fingerprint density at radius 3 is 1.86 bits per heavy atom. The van der Waals surface area contributed by atoms with Crippen molar-refractivity contribution in [1.82, 2.24) is 0 Å². The number of ketones is 1. The summed E-state index contributed by atoms with van der Waals surface area (Å²) in [7, 11) is 0. The molecule has 0 aliphatic carbocycles. The molecule has 1 aliphatic rings. The minimum atomic E-state index is 0.0172. The molecule has 0 spiro atoms. The molecule has 3 aromatic rings. The molecule has 28 heavy (non-hydrogen) atoms. The number of aryl methyl sites for hydroxylation is 2. The summed E-state index contributed by atoms with van der Waals surface area (Å²) in [5, 5.41) is 0.0172. The number of Topliss-reactive ketones (excluding diaryl/α,β-unsaturated/α-hetero) is 1. The third-order valence-corrected chi connectivity index (χ3v) is 6.41. The molecular weight excluding hydrogens is 360 g/mol. The number of thioether (sulfide) groups is 1. The van der Waals surface area contributed by atoms with Crippen molar-refractivity contribution in [1.29, 1.82) is 0 Å². The highest BCUT2D eigenvalue weighted by atomic mass is 32.2. The van der Waals surface area contributed by atoms with Gasteiger partial charge in [0.25, 0.3) is 0 Å². The fraction of sp³-hybridized carbons (Fsp3) is 0.115. The number of benzene rings is 3. The first-order valence-electron chi connectivity index (χ1n) is 9.44. The number of allylic oxidation sites excluding steroid dienone is 1. The van der Waals surface area contributed by atoms with Crippen molar-refractivity contribution in [3.8, 4) is 0 Å². The van der Waals surface area contributed by atoms with Crippen molar-refractivity contribution in [3.63, 3.8) is 0 Å². The van der Waals surface area contributed by atoms with E-state index in [1.54, 1.807) is 11.8 Å². The summed E-state index contributed by atoms with van der Waals surface area (Å²) in [4.78, 5) is 14.2. The first kappa shape index (κ1) is 18.5. The molecule has 4 rings (SSSR count). The number of rotatable bonds is 3. The van der Waals surface area contributed by atoms with E-state index in [4.69, 9.17) is 0 Å². The zero-order chi connectivity index (χ0) is 19.5. The lowest BCUT2D eigenvalue weighted by Gasteiger charge is -2.11. The van der Waals surface area contributed by atoms with E-state index in [9.17, 15) is 4.79 Å². The van der Waals surface area contributed by atoms with Crippen molar-refractivity contribution in [2.45, 2.75) is 19.1 Å². The minimum Gasteiger partial charge on any atom is -0.288 e. The van der Waals surface area contributed by atoms with Crippen molar-refractivity contribution in [2.75, 3.05) is 0 Å². The molecule has 2 heteroatoms. The van der Waals surface area contributed by atoms with Crippen molar-refractivity contribution >= 4 is 29.7 Å². The fourth-order valence-electron chi connectivity index (χ4n) is 3.43. The van der Waals surface area contributed by atoms with E-state index >= 15 is 0 Å². The molecule has 0 saturated carbocycles. The smallest absolute Gasteiger partial charge is 0.196 e. The maximum atomic E-state index is 13.4. The van der Waals surface area contributed by atoms with Gasteiger partial charge in [-0.2, -0.15) is 0 Å². The van der Waals surface area contributed by atoms with Crippen LogP contribution in [0.4, 0.5) is 0 Å². The molecule has 1 nitrogen and oxygen atoms in total. The van der Waals surface area contributed by atoms with Gasteiger partial charge in [-0.25, -0.2) is 0 Å². The maximum absolute atomic E-state index is 13.4. The van der Waals surface area contributed by atoms with Crippen LogP contribution in [0.1, 0.15) is 33.1 Å². The predicted molar refractivity (Wildman–Crippen MR) is 120 cm³/mol. The summed E-state index contributed by atoms with van der Waals surface area (Å²) in [6.45, 7) is 4.16. The molecule has 3 aromatic carbocycles. The summed E-state index contributed by atoms with van der Waals surface area (Å²) < 4.78 is 0. The van der Waals surface area contributed by atoms with Crippen LogP contribution in [0.3, 0.4) is 0 Å². The lowest BCUT2D eigenvalue weighted by Crippen LogP contribution is -2.01. The Morgan fingerprint density at radius 2 is 1.25 bits per heavy atom. The van der Waals surface area contributed by atoms with Crippen LogP contribution in [0.2, 0.25) is 0 Å². The molecule has 1 unspecified atom stereocenters. The van der Waals surface area contributed by atoms with Crippen LogP contribution in [0, 0.1) is 13.8 Å². The summed E-state index contributed by atoms with van der Waals surface area (Å²) >= 11 is 1.65. The zero-order valence-electron chi connectivity index (χ0n) is 16.1. The SMILES string of the molecule is Cc1ccccc1/C=C1\SC(c2ccccc2)/C(=C/c2ccccc2C)C1=O. The molecule has 0 aromatic heterocycles. The summed E-state index contributed by atoms with van der Waals surface area (Å²) in [5.74, 6) is 0.130. The summed E-state index contributed by atoms with van der Waals surface area (Å²) in [6, 6.07) is 26.7. The number of carbonyl (C=O) groups excluding carboxylic acids is 1. The van der Waals surface area contributed by atoms with Crippen molar-refractivity contribution < 1.29 is 4.79 Å². The number of hydrogen-bond donors (Lipinski definition) is 0. The van der Waals surface area contributed by atoms with Gasteiger partial charge >= 0.3 is 0 Å².